The van der Waals surface area contributed by atoms with E-state index in [9.17, 15) is 0 Å². The molecular formula is C19H32. The molecule has 0 aliphatic carbocycles. The second kappa shape index (κ2) is 10.1. The topological polar surface area (TPSA) is 0 Å². The van der Waals surface area contributed by atoms with Crippen LogP contribution in [0.4, 0.5) is 0 Å². The fourth-order valence-electron chi connectivity index (χ4n) is 2.83. The van der Waals surface area contributed by atoms with Crippen molar-refractivity contribution in [3.05, 3.63) is 34.9 Å². The molecular weight excluding hydrogens is 228 g/mol. The van der Waals surface area contributed by atoms with E-state index in [1.54, 1.807) is 11.1 Å². The van der Waals surface area contributed by atoms with Crippen LogP contribution in [0.3, 0.4) is 0 Å². The molecule has 1 aromatic carbocycles. The van der Waals surface area contributed by atoms with Gasteiger partial charge in [-0.15, -0.1) is 0 Å². The second-order valence-electron chi connectivity index (χ2n) is 5.83. The molecule has 1 rings (SSSR count). The standard InChI is InChI=1S/C19H32/c1-4-6-8-10-14-18-15-12-13-17(3)19(18)16-11-9-7-5-2/h12-13,15H,4-11,14,16H2,1-3H3. The van der Waals surface area contributed by atoms with Crippen molar-refractivity contribution in [3.8, 4) is 0 Å². The molecule has 108 valence electrons. The summed E-state index contributed by atoms with van der Waals surface area (Å²) < 4.78 is 0. The van der Waals surface area contributed by atoms with Gasteiger partial charge in [-0.2, -0.15) is 0 Å². The van der Waals surface area contributed by atoms with Crippen molar-refractivity contribution in [3.63, 3.8) is 0 Å². The zero-order valence-corrected chi connectivity index (χ0v) is 13.3. The van der Waals surface area contributed by atoms with Crippen LogP contribution in [-0.2, 0) is 12.8 Å². The lowest BCUT2D eigenvalue weighted by Gasteiger charge is -2.12. The van der Waals surface area contributed by atoms with Crippen molar-refractivity contribution in [1.29, 1.82) is 0 Å². The van der Waals surface area contributed by atoms with Gasteiger partial charge in [0.05, 0.1) is 0 Å². The Morgan fingerprint density at radius 3 is 2.00 bits per heavy atom. The number of rotatable bonds is 10. The molecule has 0 bridgehead atoms. The van der Waals surface area contributed by atoms with Crippen molar-refractivity contribution in [2.45, 2.75) is 85.0 Å². The highest BCUT2D eigenvalue weighted by Gasteiger charge is 2.05. The van der Waals surface area contributed by atoms with Gasteiger partial charge in [0.25, 0.3) is 0 Å². The minimum Gasteiger partial charge on any atom is -0.0654 e. The summed E-state index contributed by atoms with van der Waals surface area (Å²) in [6.45, 7) is 6.85. The van der Waals surface area contributed by atoms with E-state index in [-0.39, 0.29) is 0 Å². The van der Waals surface area contributed by atoms with Crippen molar-refractivity contribution < 1.29 is 0 Å². The van der Waals surface area contributed by atoms with Crippen LogP contribution in [0.15, 0.2) is 18.2 Å². The Labute approximate surface area is 120 Å². The molecule has 0 unspecified atom stereocenters. The van der Waals surface area contributed by atoms with Crippen LogP contribution in [0.5, 0.6) is 0 Å². The molecule has 0 spiro atoms. The Hall–Kier alpha value is -0.780. The highest BCUT2D eigenvalue weighted by atomic mass is 14.1. The number of hydrogen-bond acceptors (Lipinski definition) is 0. The average molecular weight is 260 g/mol. The predicted molar refractivity (Wildman–Crippen MR) is 86.9 cm³/mol. The van der Waals surface area contributed by atoms with E-state index in [2.05, 4.69) is 39.0 Å². The van der Waals surface area contributed by atoms with Gasteiger partial charge in [0.15, 0.2) is 0 Å². The van der Waals surface area contributed by atoms with E-state index in [0.29, 0.717) is 0 Å². The molecule has 0 N–H and O–H groups in total. The lowest BCUT2D eigenvalue weighted by atomic mass is 9.93. The third kappa shape index (κ3) is 6.27. The summed E-state index contributed by atoms with van der Waals surface area (Å²) in [5.74, 6) is 0. The zero-order chi connectivity index (χ0) is 13.9. The maximum atomic E-state index is 2.36. The fraction of sp³-hybridized carbons (Fsp3) is 0.684. The Morgan fingerprint density at radius 2 is 1.37 bits per heavy atom. The summed E-state index contributed by atoms with van der Waals surface area (Å²) in [6.07, 6.45) is 13.5. The molecule has 0 aromatic heterocycles. The van der Waals surface area contributed by atoms with Crippen molar-refractivity contribution in [1.82, 2.24) is 0 Å². The summed E-state index contributed by atoms with van der Waals surface area (Å²) in [7, 11) is 0. The SMILES string of the molecule is CCCCCCc1cccc(C)c1CCCCCC. The second-order valence-corrected chi connectivity index (χ2v) is 5.83. The van der Waals surface area contributed by atoms with Gasteiger partial charge in [0.1, 0.15) is 0 Å². The molecule has 1 aromatic rings. The minimum absolute atomic E-state index is 1.28. The largest absolute Gasteiger partial charge is 0.0654 e. The van der Waals surface area contributed by atoms with E-state index in [0.717, 1.165) is 0 Å². The molecule has 0 aliphatic heterocycles. The molecule has 0 fully saturated rings. The third-order valence-corrected chi connectivity index (χ3v) is 4.09. The van der Waals surface area contributed by atoms with Gasteiger partial charge >= 0.3 is 0 Å². The fourth-order valence-corrected chi connectivity index (χ4v) is 2.83. The molecule has 0 amide bonds. The van der Waals surface area contributed by atoms with Gasteiger partial charge in [0.2, 0.25) is 0 Å². The maximum Gasteiger partial charge on any atom is -0.0274 e. The smallest absolute Gasteiger partial charge is 0.0274 e. The van der Waals surface area contributed by atoms with Gasteiger partial charge in [-0.25, -0.2) is 0 Å². The number of unbranched alkanes of at least 4 members (excludes halogenated alkanes) is 6. The molecule has 0 heteroatoms. The monoisotopic (exact) mass is 260 g/mol. The van der Waals surface area contributed by atoms with Crippen molar-refractivity contribution >= 4 is 0 Å². The highest BCUT2D eigenvalue weighted by Crippen LogP contribution is 2.20. The third-order valence-electron chi connectivity index (χ3n) is 4.09. The van der Waals surface area contributed by atoms with E-state index in [1.165, 1.54) is 69.8 Å². The first-order valence-electron chi connectivity index (χ1n) is 8.37. The van der Waals surface area contributed by atoms with Crippen LogP contribution in [-0.4, -0.2) is 0 Å². The van der Waals surface area contributed by atoms with E-state index >= 15 is 0 Å². The minimum atomic E-state index is 1.28. The molecule has 19 heavy (non-hydrogen) atoms. The summed E-state index contributed by atoms with van der Waals surface area (Å²) >= 11 is 0. The van der Waals surface area contributed by atoms with Gasteiger partial charge in [-0.05, 0) is 49.3 Å². The molecule has 0 saturated carbocycles. The first kappa shape index (κ1) is 16.3. The average Bonchev–Trinajstić information content (AvgIpc) is 2.42. The molecule has 0 atom stereocenters. The first-order valence-corrected chi connectivity index (χ1v) is 8.37. The van der Waals surface area contributed by atoms with Crippen molar-refractivity contribution in [2.75, 3.05) is 0 Å². The van der Waals surface area contributed by atoms with Crippen LogP contribution in [0.2, 0.25) is 0 Å². The van der Waals surface area contributed by atoms with E-state index in [4.69, 9.17) is 0 Å². The van der Waals surface area contributed by atoms with Crippen LogP contribution >= 0.6 is 0 Å². The Bertz CT molecular complexity index is 338. The normalized spacial score (nSPS) is 10.9. The molecule has 0 aliphatic rings. The molecule has 0 saturated heterocycles. The summed E-state index contributed by atoms with van der Waals surface area (Å²) in [6, 6.07) is 6.87. The number of benzene rings is 1. The lowest BCUT2D eigenvalue weighted by molar-refractivity contribution is 0.649. The van der Waals surface area contributed by atoms with Gasteiger partial charge in [0, 0.05) is 0 Å². The van der Waals surface area contributed by atoms with Gasteiger partial charge in [-0.3, -0.25) is 0 Å². The maximum absolute atomic E-state index is 2.36. The Morgan fingerprint density at radius 1 is 0.737 bits per heavy atom. The van der Waals surface area contributed by atoms with E-state index in [1.807, 2.05) is 0 Å². The molecule has 0 heterocycles. The highest BCUT2D eigenvalue weighted by molar-refractivity contribution is 5.34. The Balaban J connectivity index is 2.51. The summed E-state index contributed by atoms with van der Waals surface area (Å²) in [4.78, 5) is 0. The predicted octanol–water partition coefficient (Wildman–Crippen LogP) is 6.24. The number of hydrogen-bond donors (Lipinski definition) is 0. The van der Waals surface area contributed by atoms with E-state index < -0.39 is 0 Å². The molecule has 0 radical (unpaired) electrons. The lowest BCUT2D eigenvalue weighted by Crippen LogP contribution is -1.98. The summed E-state index contributed by atoms with van der Waals surface area (Å²) in [5.41, 5.74) is 4.77. The summed E-state index contributed by atoms with van der Waals surface area (Å²) in [5, 5.41) is 0. The zero-order valence-electron chi connectivity index (χ0n) is 13.3. The number of aryl methyl sites for hydroxylation is 2. The van der Waals surface area contributed by atoms with Crippen LogP contribution in [0.1, 0.15) is 81.9 Å². The van der Waals surface area contributed by atoms with Crippen molar-refractivity contribution in [2.24, 2.45) is 0 Å². The van der Waals surface area contributed by atoms with Crippen LogP contribution in [0, 0.1) is 6.92 Å². The quantitative estimate of drug-likeness (QED) is 0.437. The van der Waals surface area contributed by atoms with Crippen LogP contribution < -0.4 is 0 Å². The van der Waals surface area contributed by atoms with Gasteiger partial charge in [-0.1, -0.05) is 70.6 Å². The van der Waals surface area contributed by atoms with Gasteiger partial charge < -0.3 is 0 Å². The molecule has 0 nitrogen and oxygen atoms in total. The first-order chi connectivity index (χ1) is 9.29. The Kier molecular flexibility index (Phi) is 8.62. The van der Waals surface area contributed by atoms with Crippen LogP contribution in [0.25, 0.3) is 0 Å².